The van der Waals surface area contributed by atoms with Crippen LogP contribution in [-0.2, 0) is 14.6 Å². The number of rotatable bonds is 3. The topological polar surface area (TPSA) is 80.5 Å². The molecule has 94 valence electrons. The number of piperidine rings is 1. The van der Waals surface area contributed by atoms with E-state index < -0.39 is 9.84 Å². The van der Waals surface area contributed by atoms with E-state index in [-0.39, 0.29) is 30.0 Å². The maximum Gasteiger partial charge on any atom is 0.223 e. The molecule has 0 aromatic carbocycles. The molecule has 0 aromatic heterocycles. The van der Waals surface area contributed by atoms with E-state index in [4.69, 9.17) is 5.73 Å². The van der Waals surface area contributed by atoms with Crippen LogP contribution < -0.4 is 5.73 Å². The van der Waals surface area contributed by atoms with Gasteiger partial charge in [-0.05, 0) is 12.3 Å². The van der Waals surface area contributed by atoms with Crippen molar-refractivity contribution in [3.05, 3.63) is 0 Å². The second-order valence-electron chi connectivity index (χ2n) is 4.65. The zero-order valence-electron chi connectivity index (χ0n) is 9.85. The molecule has 2 N–H and O–H groups in total. The number of hydrogen-bond acceptors (Lipinski definition) is 4. The molecule has 0 aromatic rings. The van der Waals surface area contributed by atoms with Crippen LogP contribution in [0.1, 0.15) is 19.8 Å². The van der Waals surface area contributed by atoms with Crippen LogP contribution >= 0.6 is 0 Å². The smallest absolute Gasteiger partial charge is 0.223 e. The van der Waals surface area contributed by atoms with E-state index in [1.165, 1.54) is 0 Å². The summed E-state index contributed by atoms with van der Waals surface area (Å²) in [5.41, 5.74) is 5.85. The molecule has 0 radical (unpaired) electrons. The van der Waals surface area contributed by atoms with Crippen LogP contribution in [0.4, 0.5) is 0 Å². The number of sulfone groups is 1. The average Bonchev–Trinajstić information content (AvgIpc) is 2.17. The van der Waals surface area contributed by atoms with Crippen molar-refractivity contribution >= 4 is 15.7 Å². The third kappa shape index (κ3) is 4.09. The molecule has 1 saturated heterocycles. The molecule has 0 aliphatic carbocycles. The fourth-order valence-electron chi connectivity index (χ4n) is 1.82. The van der Waals surface area contributed by atoms with E-state index in [9.17, 15) is 13.2 Å². The minimum atomic E-state index is -3.05. The summed E-state index contributed by atoms with van der Waals surface area (Å²) < 4.78 is 21.9. The predicted molar refractivity (Wildman–Crippen MR) is 62.7 cm³/mol. The SMILES string of the molecule is CC1CN(C(=O)CCS(C)(=O)=O)CCC1N. The molecule has 0 bridgehead atoms. The van der Waals surface area contributed by atoms with Crippen molar-refractivity contribution in [3.8, 4) is 0 Å². The molecule has 0 saturated carbocycles. The van der Waals surface area contributed by atoms with Crippen molar-refractivity contribution in [2.24, 2.45) is 11.7 Å². The summed E-state index contributed by atoms with van der Waals surface area (Å²) in [5.74, 6) is 0.142. The first-order valence-corrected chi connectivity index (χ1v) is 7.57. The lowest BCUT2D eigenvalue weighted by molar-refractivity contribution is -0.132. The highest BCUT2D eigenvalue weighted by molar-refractivity contribution is 7.90. The number of likely N-dealkylation sites (tertiary alicyclic amines) is 1. The molecule has 2 unspecified atom stereocenters. The zero-order chi connectivity index (χ0) is 12.3. The summed E-state index contributed by atoms with van der Waals surface area (Å²) in [6, 6.07) is 0.152. The standard InChI is InChI=1S/C10H20N2O3S/c1-8-7-12(5-3-9(8)11)10(13)4-6-16(2,14)15/h8-9H,3-7,11H2,1-2H3. The molecule has 1 amide bonds. The van der Waals surface area contributed by atoms with Gasteiger partial charge in [-0.2, -0.15) is 0 Å². The van der Waals surface area contributed by atoms with Crippen LogP contribution in [0, 0.1) is 5.92 Å². The monoisotopic (exact) mass is 248 g/mol. The summed E-state index contributed by atoms with van der Waals surface area (Å²) in [6.45, 7) is 3.30. The lowest BCUT2D eigenvalue weighted by atomic mass is 9.95. The number of nitrogens with two attached hydrogens (primary N) is 1. The molecule has 16 heavy (non-hydrogen) atoms. The molecule has 1 aliphatic heterocycles. The van der Waals surface area contributed by atoms with E-state index in [0.717, 1.165) is 12.7 Å². The fourth-order valence-corrected chi connectivity index (χ4v) is 2.37. The molecule has 1 heterocycles. The number of carbonyl (C=O) groups excluding carboxylic acids is 1. The maximum absolute atomic E-state index is 11.7. The Kier molecular flexibility index (Phi) is 4.32. The van der Waals surface area contributed by atoms with Crippen molar-refractivity contribution in [2.45, 2.75) is 25.8 Å². The number of nitrogens with zero attached hydrogens (tertiary/aromatic N) is 1. The predicted octanol–water partition coefficient (Wildman–Crippen LogP) is -0.383. The first-order chi connectivity index (χ1) is 7.29. The zero-order valence-corrected chi connectivity index (χ0v) is 10.7. The Balaban J connectivity index is 2.44. The lowest BCUT2D eigenvalue weighted by Crippen LogP contribution is -2.48. The Morgan fingerprint density at radius 1 is 1.50 bits per heavy atom. The largest absolute Gasteiger partial charge is 0.342 e. The van der Waals surface area contributed by atoms with Crippen molar-refractivity contribution in [1.29, 1.82) is 0 Å². The molecule has 6 heteroatoms. The molecule has 1 aliphatic rings. The van der Waals surface area contributed by atoms with Gasteiger partial charge in [0.2, 0.25) is 5.91 Å². The van der Waals surface area contributed by atoms with E-state index in [1.54, 1.807) is 4.90 Å². The fraction of sp³-hybridized carbons (Fsp3) is 0.900. The molecule has 1 rings (SSSR count). The first-order valence-electron chi connectivity index (χ1n) is 5.50. The van der Waals surface area contributed by atoms with Gasteiger partial charge < -0.3 is 10.6 Å². The van der Waals surface area contributed by atoms with Gasteiger partial charge in [-0.1, -0.05) is 6.92 Å². The van der Waals surface area contributed by atoms with E-state index in [2.05, 4.69) is 0 Å². The Labute approximate surface area is 96.9 Å². The van der Waals surface area contributed by atoms with Gasteiger partial charge in [0.1, 0.15) is 9.84 Å². The number of amides is 1. The number of carbonyl (C=O) groups is 1. The maximum atomic E-state index is 11.7. The second-order valence-corrected chi connectivity index (χ2v) is 6.91. The van der Waals surface area contributed by atoms with Crippen LogP contribution in [0.25, 0.3) is 0 Å². The second kappa shape index (κ2) is 5.14. The van der Waals surface area contributed by atoms with E-state index >= 15 is 0 Å². The van der Waals surface area contributed by atoms with Crippen LogP contribution in [0.2, 0.25) is 0 Å². The van der Waals surface area contributed by atoms with Gasteiger partial charge in [-0.25, -0.2) is 8.42 Å². The third-order valence-corrected chi connectivity index (χ3v) is 3.96. The number of hydrogen-bond donors (Lipinski definition) is 1. The summed E-state index contributed by atoms with van der Waals surface area (Å²) in [7, 11) is -3.05. The van der Waals surface area contributed by atoms with Gasteiger partial charge in [0, 0.05) is 31.8 Å². The molecule has 0 spiro atoms. The van der Waals surface area contributed by atoms with Gasteiger partial charge in [0.05, 0.1) is 5.75 Å². The Bertz CT molecular complexity index is 353. The van der Waals surface area contributed by atoms with Crippen LogP contribution in [0.3, 0.4) is 0 Å². The van der Waals surface area contributed by atoms with Gasteiger partial charge >= 0.3 is 0 Å². The van der Waals surface area contributed by atoms with Crippen molar-refractivity contribution in [2.75, 3.05) is 25.1 Å². The van der Waals surface area contributed by atoms with Crippen LogP contribution in [-0.4, -0.2) is 50.4 Å². The van der Waals surface area contributed by atoms with E-state index in [0.29, 0.717) is 13.1 Å². The Morgan fingerprint density at radius 2 is 2.12 bits per heavy atom. The minimum Gasteiger partial charge on any atom is -0.342 e. The third-order valence-electron chi connectivity index (χ3n) is 3.01. The summed E-state index contributed by atoms with van der Waals surface area (Å²) in [4.78, 5) is 13.4. The molecule has 1 fully saturated rings. The lowest BCUT2D eigenvalue weighted by Gasteiger charge is -2.35. The minimum absolute atomic E-state index is 0.0667. The quantitative estimate of drug-likeness (QED) is 0.738. The highest BCUT2D eigenvalue weighted by Gasteiger charge is 2.26. The highest BCUT2D eigenvalue weighted by atomic mass is 32.2. The summed E-state index contributed by atoms with van der Waals surface area (Å²) in [5, 5.41) is 0. The van der Waals surface area contributed by atoms with Gasteiger partial charge in [0.25, 0.3) is 0 Å². The molecule has 2 atom stereocenters. The summed E-state index contributed by atoms with van der Waals surface area (Å²) >= 11 is 0. The molecular formula is C10H20N2O3S. The summed E-state index contributed by atoms with van der Waals surface area (Å²) in [6.07, 6.45) is 2.03. The van der Waals surface area contributed by atoms with Crippen molar-refractivity contribution in [3.63, 3.8) is 0 Å². The molecular weight excluding hydrogens is 228 g/mol. The van der Waals surface area contributed by atoms with Gasteiger partial charge in [-0.3, -0.25) is 4.79 Å². The highest BCUT2D eigenvalue weighted by Crippen LogP contribution is 2.15. The Hall–Kier alpha value is -0.620. The van der Waals surface area contributed by atoms with Gasteiger partial charge in [-0.15, -0.1) is 0 Å². The normalized spacial score (nSPS) is 26.8. The van der Waals surface area contributed by atoms with Crippen LogP contribution in [0.15, 0.2) is 0 Å². The van der Waals surface area contributed by atoms with Crippen molar-refractivity contribution < 1.29 is 13.2 Å². The van der Waals surface area contributed by atoms with Crippen LogP contribution in [0.5, 0.6) is 0 Å². The van der Waals surface area contributed by atoms with Crippen molar-refractivity contribution in [1.82, 2.24) is 4.90 Å². The average molecular weight is 248 g/mol. The first kappa shape index (κ1) is 13.4. The molecule has 5 nitrogen and oxygen atoms in total. The van der Waals surface area contributed by atoms with E-state index in [1.807, 2.05) is 6.92 Å². The Morgan fingerprint density at radius 3 is 2.62 bits per heavy atom. The van der Waals surface area contributed by atoms with Gasteiger partial charge in [0.15, 0.2) is 0 Å².